The largest absolute Gasteiger partial charge is 0.478 e. The molecule has 0 fully saturated rings. The average Bonchev–Trinajstić information content (AvgIpc) is 3.15. The molecule has 0 aliphatic carbocycles. The molecule has 34 heavy (non-hydrogen) atoms. The fourth-order valence-corrected chi connectivity index (χ4v) is 4.31. The predicted octanol–water partition coefficient (Wildman–Crippen LogP) is 5.87. The van der Waals surface area contributed by atoms with Gasteiger partial charge >= 0.3 is 5.97 Å². The van der Waals surface area contributed by atoms with Gasteiger partial charge in [0.2, 0.25) is 0 Å². The lowest BCUT2D eigenvalue weighted by Gasteiger charge is -2.15. The number of anilines is 1. The molecule has 4 rings (SSSR count). The maximum absolute atomic E-state index is 14.1. The Hall–Kier alpha value is -4.15. The summed E-state index contributed by atoms with van der Waals surface area (Å²) in [6, 6.07) is 18.2. The predicted molar refractivity (Wildman–Crippen MR) is 128 cm³/mol. The van der Waals surface area contributed by atoms with Crippen molar-refractivity contribution in [1.82, 2.24) is 4.57 Å². The number of aromatic nitrogens is 1. The molecule has 8 heteroatoms. The van der Waals surface area contributed by atoms with E-state index in [9.17, 15) is 24.3 Å². The lowest BCUT2D eigenvalue weighted by molar-refractivity contribution is 0.0695. The summed E-state index contributed by atoms with van der Waals surface area (Å²) < 4.78 is 15.7. The third-order valence-corrected chi connectivity index (χ3v) is 6.09. The first kappa shape index (κ1) is 23.0. The second kappa shape index (κ2) is 9.38. The van der Waals surface area contributed by atoms with Crippen molar-refractivity contribution in [1.29, 1.82) is 5.26 Å². The van der Waals surface area contributed by atoms with E-state index in [1.807, 2.05) is 0 Å². The molecule has 0 atom stereocenters. The Kier molecular flexibility index (Phi) is 6.35. The van der Waals surface area contributed by atoms with Gasteiger partial charge in [-0.2, -0.15) is 5.26 Å². The third kappa shape index (κ3) is 4.00. The Labute approximate surface area is 199 Å². The number of para-hydroxylation sites is 1. The van der Waals surface area contributed by atoms with Gasteiger partial charge in [0.25, 0.3) is 5.91 Å². The van der Waals surface area contributed by atoms with Crippen molar-refractivity contribution < 1.29 is 19.1 Å². The van der Waals surface area contributed by atoms with E-state index in [0.29, 0.717) is 34.1 Å². The van der Waals surface area contributed by atoms with Gasteiger partial charge in [0.1, 0.15) is 17.6 Å². The van der Waals surface area contributed by atoms with Crippen LogP contribution in [-0.4, -0.2) is 21.6 Å². The summed E-state index contributed by atoms with van der Waals surface area (Å²) in [6.45, 7) is 1.85. The quantitative estimate of drug-likeness (QED) is 0.364. The van der Waals surface area contributed by atoms with Crippen LogP contribution in [0.3, 0.4) is 0 Å². The van der Waals surface area contributed by atoms with Crippen molar-refractivity contribution in [2.75, 3.05) is 5.32 Å². The second-order valence-electron chi connectivity index (χ2n) is 7.60. The number of benzene rings is 3. The van der Waals surface area contributed by atoms with Gasteiger partial charge in [-0.1, -0.05) is 54.9 Å². The molecule has 0 unspecified atom stereocenters. The fraction of sp³-hybridized carbons (Fsp3) is 0.115. The summed E-state index contributed by atoms with van der Waals surface area (Å²) in [7, 11) is 0. The van der Waals surface area contributed by atoms with Gasteiger partial charge in [0.15, 0.2) is 0 Å². The molecular weight excluding hydrogens is 457 g/mol. The summed E-state index contributed by atoms with van der Waals surface area (Å²) in [4.78, 5) is 25.2. The number of carboxylic acid groups (broad SMARTS) is 1. The minimum Gasteiger partial charge on any atom is -0.478 e. The van der Waals surface area contributed by atoms with E-state index in [2.05, 4.69) is 11.4 Å². The van der Waals surface area contributed by atoms with Gasteiger partial charge in [-0.25, -0.2) is 9.18 Å². The van der Waals surface area contributed by atoms with Crippen LogP contribution in [0.2, 0.25) is 5.02 Å². The van der Waals surface area contributed by atoms with Crippen LogP contribution < -0.4 is 5.32 Å². The number of hydrogen-bond acceptors (Lipinski definition) is 3. The van der Waals surface area contributed by atoms with Crippen molar-refractivity contribution in [3.8, 4) is 6.07 Å². The van der Waals surface area contributed by atoms with Crippen molar-refractivity contribution in [2.24, 2.45) is 0 Å². The number of nitrogens with one attached hydrogen (secondary N) is 1. The highest BCUT2D eigenvalue weighted by Crippen LogP contribution is 2.30. The third-order valence-electron chi connectivity index (χ3n) is 5.67. The van der Waals surface area contributed by atoms with E-state index in [0.717, 1.165) is 0 Å². The Balaban J connectivity index is 1.87. The van der Waals surface area contributed by atoms with Gasteiger partial charge in [0.05, 0.1) is 21.7 Å². The molecule has 0 spiro atoms. The monoisotopic (exact) mass is 475 g/mol. The number of rotatable bonds is 6. The topological polar surface area (TPSA) is 95.1 Å². The van der Waals surface area contributed by atoms with Crippen LogP contribution in [0.1, 0.15) is 44.5 Å². The number of carbonyl (C=O) groups excluding carboxylic acids is 1. The number of nitrogens with zero attached hydrogens (tertiary/aromatic N) is 2. The summed E-state index contributed by atoms with van der Waals surface area (Å²) >= 11 is 6.17. The SMILES string of the molecule is CCc1c(NC(=O)c2c(C#N)c3ccccc3n2Cc2cccc(F)c2Cl)cccc1C(=O)O. The van der Waals surface area contributed by atoms with E-state index in [1.54, 1.807) is 54.0 Å². The zero-order valence-corrected chi connectivity index (χ0v) is 18.9. The molecule has 1 aromatic heterocycles. The van der Waals surface area contributed by atoms with Gasteiger partial charge in [-0.15, -0.1) is 0 Å². The summed E-state index contributed by atoms with van der Waals surface area (Å²) in [6.07, 6.45) is 0.380. The first-order valence-electron chi connectivity index (χ1n) is 10.5. The van der Waals surface area contributed by atoms with Gasteiger partial charge in [-0.05, 0) is 41.8 Å². The zero-order chi connectivity index (χ0) is 24.4. The number of hydrogen-bond donors (Lipinski definition) is 2. The molecule has 0 bridgehead atoms. The molecule has 0 aliphatic rings. The number of nitriles is 1. The molecule has 3 aromatic carbocycles. The summed E-state index contributed by atoms with van der Waals surface area (Å²) in [5.41, 5.74) is 2.20. The van der Waals surface area contributed by atoms with Gasteiger partial charge < -0.3 is 15.0 Å². The minimum absolute atomic E-state index is 0.0529. The average molecular weight is 476 g/mol. The normalized spacial score (nSPS) is 10.8. The van der Waals surface area contributed by atoms with E-state index in [1.165, 1.54) is 18.2 Å². The van der Waals surface area contributed by atoms with Crippen LogP contribution >= 0.6 is 11.6 Å². The molecule has 2 N–H and O–H groups in total. The molecule has 6 nitrogen and oxygen atoms in total. The first-order valence-corrected chi connectivity index (χ1v) is 10.9. The Morgan fingerprint density at radius 2 is 1.85 bits per heavy atom. The summed E-state index contributed by atoms with van der Waals surface area (Å²) in [5, 5.41) is 22.7. The first-order chi connectivity index (χ1) is 16.4. The molecule has 4 aromatic rings. The van der Waals surface area contributed by atoms with Crippen molar-refractivity contribution in [3.63, 3.8) is 0 Å². The van der Waals surface area contributed by atoms with Crippen LogP contribution in [0.15, 0.2) is 60.7 Å². The van der Waals surface area contributed by atoms with E-state index < -0.39 is 17.7 Å². The minimum atomic E-state index is -1.10. The molecule has 1 heterocycles. The van der Waals surface area contributed by atoms with Crippen molar-refractivity contribution >= 4 is 40.1 Å². The maximum Gasteiger partial charge on any atom is 0.336 e. The Morgan fingerprint density at radius 1 is 1.12 bits per heavy atom. The number of aromatic carboxylic acids is 1. The van der Waals surface area contributed by atoms with E-state index >= 15 is 0 Å². The molecular formula is C26H19ClFN3O3. The number of halogens is 2. The Morgan fingerprint density at radius 3 is 2.56 bits per heavy atom. The molecule has 1 amide bonds. The maximum atomic E-state index is 14.1. The van der Waals surface area contributed by atoms with Gasteiger partial charge in [0, 0.05) is 17.6 Å². The van der Waals surface area contributed by atoms with Crippen LogP contribution in [0.25, 0.3) is 10.9 Å². The smallest absolute Gasteiger partial charge is 0.336 e. The number of carboxylic acids is 1. The molecule has 0 radical (unpaired) electrons. The highest BCUT2D eigenvalue weighted by atomic mass is 35.5. The van der Waals surface area contributed by atoms with Crippen LogP contribution in [-0.2, 0) is 13.0 Å². The molecule has 0 saturated carbocycles. The van der Waals surface area contributed by atoms with Crippen LogP contribution in [0.5, 0.6) is 0 Å². The zero-order valence-electron chi connectivity index (χ0n) is 18.1. The van der Waals surface area contributed by atoms with Crippen LogP contribution in [0, 0.1) is 17.1 Å². The molecule has 170 valence electrons. The van der Waals surface area contributed by atoms with Crippen LogP contribution in [0.4, 0.5) is 10.1 Å². The Bertz CT molecular complexity index is 1490. The lowest BCUT2D eigenvalue weighted by atomic mass is 10.0. The molecule has 0 saturated heterocycles. The summed E-state index contributed by atoms with van der Waals surface area (Å²) in [5.74, 6) is -2.27. The molecule has 0 aliphatic heterocycles. The second-order valence-corrected chi connectivity index (χ2v) is 7.97. The van der Waals surface area contributed by atoms with Crippen molar-refractivity contribution in [3.05, 3.63) is 99.5 Å². The number of fused-ring (bicyclic) bond motifs is 1. The highest BCUT2D eigenvalue weighted by molar-refractivity contribution is 6.31. The van der Waals surface area contributed by atoms with Gasteiger partial charge in [-0.3, -0.25) is 4.79 Å². The fourth-order valence-electron chi connectivity index (χ4n) is 4.12. The van der Waals surface area contributed by atoms with Crippen molar-refractivity contribution in [2.45, 2.75) is 19.9 Å². The van der Waals surface area contributed by atoms with E-state index in [4.69, 9.17) is 11.6 Å². The standard InChI is InChI=1S/C26H19ClFN3O3/c1-2-16-18(26(33)34)9-6-11-21(16)30-25(32)24-19(13-29)17-8-3-4-12-22(17)31(24)14-15-7-5-10-20(28)23(15)27/h3-12H,2,14H2,1H3,(H,30,32)(H,33,34). The number of carbonyl (C=O) groups is 2. The lowest BCUT2D eigenvalue weighted by Crippen LogP contribution is -2.20. The number of amides is 1. The highest BCUT2D eigenvalue weighted by Gasteiger charge is 2.25. The van der Waals surface area contributed by atoms with E-state index in [-0.39, 0.29) is 28.4 Å².